The topological polar surface area (TPSA) is 78.4 Å². The van der Waals surface area contributed by atoms with Gasteiger partial charge in [-0.05, 0) is 38.2 Å². The highest BCUT2D eigenvalue weighted by atomic mass is 127. The molecule has 0 aromatic heterocycles. The standard InChI is InChI=1S/C21H34N4O3.HI/c1-3-22-21(23-13-17-5-4-6-19(27-2)20(17)26)24-18-7-10-25(11-8-18)14-16-9-12-28-15-16;/h4-6,16,18,26H,3,7-15H2,1-2H3,(H2,22,23,24);1H. The average molecular weight is 518 g/mol. The number of phenols is 1. The number of hydrogen-bond acceptors (Lipinski definition) is 5. The number of aromatic hydroxyl groups is 1. The molecular weight excluding hydrogens is 483 g/mol. The molecule has 0 saturated carbocycles. The largest absolute Gasteiger partial charge is 0.504 e. The van der Waals surface area contributed by atoms with E-state index in [1.54, 1.807) is 13.2 Å². The lowest BCUT2D eigenvalue weighted by Gasteiger charge is -2.34. The molecule has 2 aliphatic rings. The van der Waals surface area contributed by atoms with E-state index in [9.17, 15) is 5.11 Å². The quantitative estimate of drug-likeness (QED) is 0.293. The number of guanidine groups is 1. The molecular formula is C21H35IN4O3. The molecule has 2 heterocycles. The lowest BCUT2D eigenvalue weighted by Crippen LogP contribution is -2.49. The van der Waals surface area contributed by atoms with Gasteiger partial charge in [0.2, 0.25) is 0 Å². The third kappa shape index (κ3) is 7.18. The summed E-state index contributed by atoms with van der Waals surface area (Å²) in [6.45, 7) is 8.51. The van der Waals surface area contributed by atoms with Crippen molar-refractivity contribution in [3.8, 4) is 11.5 Å². The van der Waals surface area contributed by atoms with E-state index in [1.165, 1.54) is 6.42 Å². The zero-order chi connectivity index (χ0) is 19.8. The summed E-state index contributed by atoms with van der Waals surface area (Å²) in [7, 11) is 1.56. The fourth-order valence-corrected chi connectivity index (χ4v) is 3.89. The molecule has 0 spiro atoms. The van der Waals surface area contributed by atoms with Crippen LogP contribution < -0.4 is 15.4 Å². The van der Waals surface area contributed by atoms with E-state index in [4.69, 9.17) is 9.47 Å². The van der Waals surface area contributed by atoms with Crippen LogP contribution in [0.5, 0.6) is 11.5 Å². The second kappa shape index (κ2) is 12.4. The van der Waals surface area contributed by atoms with Gasteiger partial charge in [-0.15, -0.1) is 24.0 Å². The minimum absolute atomic E-state index is 0. The fraction of sp³-hybridized carbons (Fsp3) is 0.667. The lowest BCUT2D eigenvalue weighted by atomic mass is 10.0. The Hall–Kier alpha value is -1.26. The zero-order valence-electron chi connectivity index (χ0n) is 17.5. The Morgan fingerprint density at radius 1 is 1.31 bits per heavy atom. The summed E-state index contributed by atoms with van der Waals surface area (Å²) in [5.74, 6) is 2.14. The molecule has 2 fully saturated rings. The first kappa shape index (κ1) is 24.0. The predicted octanol–water partition coefficient (Wildman–Crippen LogP) is 2.57. The van der Waals surface area contributed by atoms with Gasteiger partial charge >= 0.3 is 0 Å². The van der Waals surface area contributed by atoms with Crippen LogP contribution in [0.3, 0.4) is 0 Å². The van der Waals surface area contributed by atoms with Gasteiger partial charge in [0.1, 0.15) is 0 Å². The lowest BCUT2D eigenvalue weighted by molar-refractivity contribution is 0.150. The van der Waals surface area contributed by atoms with Crippen molar-refractivity contribution in [3.63, 3.8) is 0 Å². The van der Waals surface area contributed by atoms with Gasteiger partial charge in [-0.25, -0.2) is 4.99 Å². The van der Waals surface area contributed by atoms with Gasteiger partial charge in [0, 0.05) is 44.4 Å². The van der Waals surface area contributed by atoms with E-state index in [2.05, 4.69) is 27.4 Å². The maximum atomic E-state index is 10.2. The molecule has 0 radical (unpaired) electrons. The van der Waals surface area contributed by atoms with Crippen LogP contribution in [0, 0.1) is 5.92 Å². The minimum atomic E-state index is 0. The number of rotatable bonds is 7. The summed E-state index contributed by atoms with van der Waals surface area (Å²) in [6.07, 6.45) is 3.43. The number of phenolic OH excluding ortho intramolecular Hbond substituents is 1. The Labute approximate surface area is 191 Å². The SMILES string of the molecule is CCNC(=NCc1cccc(OC)c1O)NC1CCN(CC2CCOC2)CC1.I. The van der Waals surface area contributed by atoms with Gasteiger partial charge in [0.15, 0.2) is 17.5 Å². The number of aliphatic imine (C=N–C) groups is 1. The average Bonchev–Trinajstić information content (AvgIpc) is 3.22. The highest BCUT2D eigenvalue weighted by molar-refractivity contribution is 14.0. The maximum absolute atomic E-state index is 10.2. The first-order valence-electron chi connectivity index (χ1n) is 10.4. The number of benzene rings is 1. The number of nitrogens with zero attached hydrogens (tertiary/aromatic N) is 2. The van der Waals surface area contributed by atoms with Crippen molar-refractivity contribution >= 4 is 29.9 Å². The first-order valence-corrected chi connectivity index (χ1v) is 10.4. The Morgan fingerprint density at radius 2 is 2.10 bits per heavy atom. The molecule has 0 amide bonds. The molecule has 3 rings (SSSR count). The van der Waals surface area contributed by atoms with Gasteiger partial charge in [-0.2, -0.15) is 0 Å². The highest BCUT2D eigenvalue weighted by Gasteiger charge is 2.24. The van der Waals surface area contributed by atoms with Crippen LogP contribution in [0.1, 0.15) is 31.7 Å². The summed E-state index contributed by atoms with van der Waals surface area (Å²) < 4.78 is 10.7. The normalized spacial score (nSPS) is 20.9. The minimum Gasteiger partial charge on any atom is -0.504 e. The second-order valence-corrected chi connectivity index (χ2v) is 7.61. The highest BCUT2D eigenvalue weighted by Crippen LogP contribution is 2.29. The molecule has 1 aromatic carbocycles. The van der Waals surface area contributed by atoms with Gasteiger partial charge in [0.25, 0.3) is 0 Å². The van der Waals surface area contributed by atoms with Crippen molar-refractivity contribution < 1.29 is 14.6 Å². The van der Waals surface area contributed by atoms with Crippen LogP contribution in [-0.4, -0.2) is 68.5 Å². The molecule has 7 nitrogen and oxygen atoms in total. The van der Waals surface area contributed by atoms with E-state index in [1.807, 2.05) is 12.1 Å². The molecule has 1 unspecified atom stereocenters. The smallest absolute Gasteiger partial charge is 0.191 e. The molecule has 1 atom stereocenters. The van der Waals surface area contributed by atoms with Crippen molar-refractivity contribution in [3.05, 3.63) is 23.8 Å². The summed E-state index contributed by atoms with van der Waals surface area (Å²) in [5, 5.41) is 17.1. The van der Waals surface area contributed by atoms with Crippen LogP contribution in [0.4, 0.5) is 0 Å². The molecule has 0 aliphatic carbocycles. The van der Waals surface area contributed by atoms with E-state index in [0.717, 1.165) is 63.8 Å². The molecule has 3 N–H and O–H groups in total. The number of methoxy groups -OCH3 is 1. The molecule has 1 aromatic rings. The van der Waals surface area contributed by atoms with Crippen LogP contribution in [0.25, 0.3) is 0 Å². The van der Waals surface area contributed by atoms with Crippen molar-refractivity contribution in [1.29, 1.82) is 0 Å². The number of hydrogen-bond donors (Lipinski definition) is 3. The third-order valence-corrected chi connectivity index (χ3v) is 5.52. The van der Waals surface area contributed by atoms with Crippen LogP contribution in [-0.2, 0) is 11.3 Å². The van der Waals surface area contributed by atoms with E-state index >= 15 is 0 Å². The van der Waals surface area contributed by atoms with Crippen LogP contribution in [0.2, 0.25) is 0 Å². The maximum Gasteiger partial charge on any atom is 0.191 e. The summed E-state index contributed by atoms with van der Waals surface area (Å²) in [4.78, 5) is 7.23. The second-order valence-electron chi connectivity index (χ2n) is 7.61. The summed E-state index contributed by atoms with van der Waals surface area (Å²) >= 11 is 0. The number of halogens is 1. The Kier molecular flexibility index (Phi) is 10.3. The number of nitrogens with one attached hydrogen (secondary N) is 2. The molecule has 2 saturated heterocycles. The van der Waals surface area contributed by atoms with E-state index in [0.29, 0.717) is 24.3 Å². The number of likely N-dealkylation sites (tertiary alicyclic amines) is 1. The number of ether oxygens (including phenoxy) is 2. The molecule has 164 valence electrons. The van der Waals surface area contributed by atoms with Crippen molar-refractivity contribution in [2.24, 2.45) is 10.9 Å². The van der Waals surface area contributed by atoms with E-state index in [-0.39, 0.29) is 29.7 Å². The molecule has 29 heavy (non-hydrogen) atoms. The predicted molar refractivity (Wildman–Crippen MR) is 126 cm³/mol. The van der Waals surface area contributed by atoms with Gasteiger partial charge in [-0.3, -0.25) is 0 Å². The van der Waals surface area contributed by atoms with Gasteiger partial charge < -0.3 is 30.1 Å². The van der Waals surface area contributed by atoms with Gasteiger partial charge in [0.05, 0.1) is 20.3 Å². The van der Waals surface area contributed by atoms with Gasteiger partial charge in [-0.1, -0.05) is 12.1 Å². The molecule has 8 heteroatoms. The van der Waals surface area contributed by atoms with Crippen LogP contribution in [0.15, 0.2) is 23.2 Å². The van der Waals surface area contributed by atoms with Crippen molar-refractivity contribution in [1.82, 2.24) is 15.5 Å². The van der Waals surface area contributed by atoms with Crippen molar-refractivity contribution in [2.45, 2.75) is 38.8 Å². The number of para-hydroxylation sites is 1. The summed E-state index contributed by atoms with van der Waals surface area (Å²) in [6, 6.07) is 5.91. The Bertz CT molecular complexity index is 645. The van der Waals surface area contributed by atoms with E-state index < -0.39 is 0 Å². The van der Waals surface area contributed by atoms with Crippen molar-refractivity contribution in [2.75, 3.05) is 46.5 Å². The molecule has 0 bridgehead atoms. The van der Waals surface area contributed by atoms with Crippen LogP contribution >= 0.6 is 24.0 Å². The third-order valence-electron chi connectivity index (χ3n) is 5.52. The Balaban J connectivity index is 0.00000300. The monoisotopic (exact) mass is 518 g/mol. The Morgan fingerprint density at radius 3 is 2.76 bits per heavy atom. The molecule has 2 aliphatic heterocycles. The summed E-state index contributed by atoms with van der Waals surface area (Å²) in [5.41, 5.74) is 0.755. The zero-order valence-corrected chi connectivity index (χ0v) is 19.9. The number of piperidine rings is 1. The first-order chi connectivity index (χ1) is 13.7. The fourth-order valence-electron chi connectivity index (χ4n) is 3.89.